The molecular weight excluding hydrogens is 1100 g/mol. The zero-order valence-corrected chi connectivity index (χ0v) is 53.2. The van der Waals surface area contributed by atoms with Crippen LogP contribution < -0.4 is 20.0 Å². The van der Waals surface area contributed by atoms with Crippen molar-refractivity contribution in [1.82, 2.24) is 0 Å². The molecule has 0 radical (unpaired) electrons. The van der Waals surface area contributed by atoms with Gasteiger partial charge in [0.2, 0.25) is 0 Å². The molecule has 420 valence electrons. The van der Waals surface area contributed by atoms with E-state index in [1.165, 1.54) is 160 Å². The molecule has 7 heteroatoms. The fraction of sp³-hybridized carbons (Fsp3) is 0.351. The van der Waals surface area contributed by atoms with E-state index in [1.807, 2.05) is 31.2 Å². The molecule has 8 aromatic rings. The molecule has 0 spiro atoms. The number of halogens is 3. The van der Waals surface area contributed by atoms with E-state index in [0.29, 0.717) is 0 Å². The molecule has 1 N–H and O–H groups in total. The zero-order valence-electron chi connectivity index (χ0n) is 50.1. The van der Waals surface area contributed by atoms with Gasteiger partial charge in [-0.3, -0.25) is 0 Å². The van der Waals surface area contributed by atoms with Gasteiger partial charge in [-0.1, -0.05) is 163 Å². The van der Waals surface area contributed by atoms with Gasteiger partial charge >= 0.3 is 0 Å². The summed E-state index contributed by atoms with van der Waals surface area (Å²) in [6, 6.07) is 57.6. The van der Waals surface area contributed by atoms with Crippen LogP contribution in [0.5, 0.6) is 0 Å². The Hall–Kier alpha value is -5.98. The van der Waals surface area contributed by atoms with Crippen LogP contribution in [0.3, 0.4) is 0 Å². The minimum Gasteiger partial charge on any atom is -0.355 e. The Morgan fingerprint density at radius 1 is 0.432 bits per heavy atom. The third-order valence-corrected chi connectivity index (χ3v) is 20.0. The number of hydrogen-bond donors (Lipinski definition) is 1. The highest BCUT2D eigenvalue weighted by atomic mass is 79.9. The van der Waals surface area contributed by atoms with Crippen molar-refractivity contribution in [3.8, 4) is 0 Å². The molecule has 81 heavy (non-hydrogen) atoms. The smallest absolute Gasteiger partial charge is 0.0520 e. The fourth-order valence-corrected chi connectivity index (χ4v) is 16.3. The number of fused-ring (bicyclic) bond motifs is 6. The van der Waals surface area contributed by atoms with Crippen LogP contribution in [0.25, 0.3) is 0 Å². The van der Waals surface area contributed by atoms with Crippen molar-refractivity contribution in [3.05, 3.63) is 228 Å². The second-order valence-corrected chi connectivity index (χ2v) is 26.8. The van der Waals surface area contributed by atoms with Crippen LogP contribution in [0.4, 0.5) is 51.2 Å². The van der Waals surface area contributed by atoms with Gasteiger partial charge in [-0.2, -0.15) is 0 Å². The molecule has 2 saturated carbocycles. The summed E-state index contributed by atoms with van der Waals surface area (Å²) in [5.74, 6) is 0. The highest BCUT2D eigenvalue weighted by Crippen LogP contribution is 2.62. The van der Waals surface area contributed by atoms with E-state index >= 15 is 0 Å². The lowest BCUT2D eigenvalue weighted by atomic mass is 9.66. The second-order valence-electron chi connectivity index (χ2n) is 25.0. The monoisotopic (exact) mass is 1180 g/mol. The Balaban J connectivity index is 0.000000160. The Morgan fingerprint density at radius 3 is 1.37 bits per heavy atom. The fourth-order valence-electron chi connectivity index (χ4n) is 15.0. The molecule has 2 fully saturated rings. The van der Waals surface area contributed by atoms with E-state index in [1.54, 1.807) is 0 Å². The SMILES string of the molecule is Cc1cc(C)c(Nc2ccc3c(c2)C2(C)CCCCCC2(C)N3c2ccccc2)c(C)c1.Cc1cc(Cl)cc(Br)c1.Cc1cc(Cl)cc(N(c2ccc3c(c2)C2(C)CCCCCC2(C)N3c2ccccc2)c2c(C)cc(C)cc2C)c1. The first kappa shape index (κ1) is 58.2. The lowest BCUT2D eigenvalue weighted by Crippen LogP contribution is -2.52. The van der Waals surface area contributed by atoms with Crippen molar-refractivity contribution in [2.24, 2.45) is 0 Å². The molecule has 0 aromatic heterocycles. The number of anilines is 9. The number of para-hydroxylation sites is 2. The van der Waals surface area contributed by atoms with Gasteiger partial charge in [-0.15, -0.1) is 0 Å². The number of aryl methyl sites for hydroxylation is 8. The average Bonchev–Trinajstić information content (AvgIpc) is 3.23. The third-order valence-electron chi connectivity index (χ3n) is 19.1. The summed E-state index contributed by atoms with van der Waals surface area (Å²) in [6.45, 7) is 27.4. The van der Waals surface area contributed by atoms with E-state index in [0.717, 1.165) is 25.8 Å². The van der Waals surface area contributed by atoms with E-state index in [-0.39, 0.29) is 21.9 Å². The molecule has 2 aliphatic heterocycles. The largest absolute Gasteiger partial charge is 0.355 e. The molecular formula is C74H83BrCl2N4. The summed E-state index contributed by atoms with van der Waals surface area (Å²) in [4.78, 5) is 7.75. The molecule has 2 heterocycles. The topological polar surface area (TPSA) is 21.8 Å². The summed E-state index contributed by atoms with van der Waals surface area (Å²) in [5, 5.41) is 5.32. The minimum absolute atomic E-state index is 0.0129. The van der Waals surface area contributed by atoms with Crippen molar-refractivity contribution in [2.45, 2.75) is 169 Å². The van der Waals surface area contributed by atoms with Gasteiger partial charge in [0.05, 0.1) is 16.8 Å². The number of benzene rings is 8. The molecule has 4 atom stereocenters. The minimum atomic E-state index is 0.0129. The maximum Gasteiger partial charge on any atom is 0.0520 e. The molecule has 8 aromatic carbocycles. The number of hydrogen-bond acceptors (Lipinski definition) is 4. The van der Waals surface area contributed by atoms with Gasteiger partial charge in [0, 0.05) is 70.8 Å². The highest BCUT2D eigenvalue weighted by molar-refractivity contribution is 9.10. The predicted molar refractivity (Wildman–Crippen MR) is 354 cm³/mol. The molecule has 12 rings (SSSR count). The van der Waals surface area contributed by atoms with E-state index in [2.05, 4.69) is 246 Å². The van der Waals surface area contributed by atoms with Crippen LogP contribution in [-0.2, 0) is 10.8 Å². The number of rotatable bonds is 7. The Bertz CT molecular complexity index is 3480. The van der Waals surface area contributed by atoms with Crippen LogP contribution in [-0.4, -0.2) is 11.1 Å². The van der Waals surface area contributed by atoms with Gasteiger partial charge in [0.25, 0.3) is 0 Å². The predicted octanol–water partition coefficient (Wildman–Crippen LogP) is 23.1. The summed E-state index contributed by atoms with van der Waals surface area (Å²) in [5.41, 5.74) is 24.6. The zero-order chi connectivity index (χ0) is 57.6. The van der Waals surface area contributed by atoms with Crippen molar-refractivity contribution >= 4 is 90.3 Å². The van der Waals surface area contributed by atoms with Gasteiger partial charge in [-0.05, 0) is 236 Å². The van der Waals surface area contributed by atoms with Crippen molar-refractivity contribution < 1.29 is 0 Å². The maximum atomic E-state index is 6.67. The van der Waals surface area contributed by atoms with Gasteiger partial charge in [0.15, 0.2) is 0 Å². The van der Waals surface area contributed by atoms with E-state index < -0.39 is 0 Å². The van der Waals surface area contributed by atoms with Gasteiger partial charge in [0.1, 0.15) is 0 Å². The number of nitrogens with zero attached hydrogens (tertiary/aromatic N) is 3. The number of nitrogens with one attached hydrogen (secondary N) is 1. The van der Waals surface area contributed by atoms with Crippen LogP contribution in [0, 0.1) is 55.4 Å². The van der Waals surface area contributed by atoms with Crippen molar-refractivity contribution in [3.63, 3.8) is 0 Å². The normalized spacial score (nSPS) is 21.7. The lowest BCUT2D eigenvalue weighted by molar-refractivity contribution is 0.261. The van der Waals surface area contributed by atoms with Crippen LogP contribution in [0.1, 0.15) is 148 Å². The summed E-state index contributed by atoms with van der Waals surface area (Å²) in [7, 11) is 0. The molecule has 0 bridgehead atoms. The summed E-state index contributed by atoms with van der Waals surface area (Å²) >= 11 is 15.7. The molecule has 4 nitrogen and oxygen atoms in total. The van der Waals surface area contributed by atoms with Crippen LogP contribution >= 0.6 is 39.1 Å². The lowest BCUT2D eigenvalue weighted by Gasteiger charge is -2.46. The maximum absolute atomic E-state index is 6.67. The first-order valence-corrected chi connectivity index (χ1v) is 31.1. The standard InChI is InChI=1S/C37H41ClN2.C30H36N2.C7H6BrCl/c1-25-19-27(3)35(28(4)20-25)39(32-22-26(2)21-29(38)23-32)31-15-16-34-33(24-31)36(5)17-11-8-12-18-37(36,6)40(34)30-13-9-7-10-14-30;1-21-18-22(2)28(23(3)19-21)31-24-14-15-27-26(20-24)29(4)16-10-7-11-17-30(29,5)32(27)25-12-8-6-9-13-25;1-5-2-6(8)4-7(9)3-5/h7,9-10,13-16,19-24H,8,11-12,17-18H2,1-6H3;6,8-9,12-15,18-20,31H,7,10-11,16-17H2,1-5H3;2-4H,1H3. The van der Waals surface area contributed by atoms with Gasteiger partial charge < -0.3 is 20.0 Å². The Kier molecular flexibility index (Phi) is 16.8. The van der Waals surface area contributed by atoms with Crippen molar-refractivity contribution in [1.29, 1.82) is 0 Å². The van der Waals surface area contributed by atoms with Crippen LogP contribution in [0.15, 0.2) is 162 Å². The van der Waals surface area contributed by atoms with E-state index in [9.17, 15) is 0 Å². The summed E-state index contributed by atoms with van der Waals surface area (Å²) in [6.07, 6.45) is 12.6. The van der Waals surface area contributed by atoms with Crippen molar-refractivity contribution in [2.75, 3.05) is 20.0 Å². The van der Waals surface area contributed by atoms with Crippen LogP contribution in [0.2, 0.25) is 10.0 Å². The Morgan fingerprint density at radius 2 is 0.877 bits per heavy atom. The van der Waals surface area contributed by atoms with E-state index in [4.69, 9.17) is 23.2 Å². The Labute approximate surface area is 504 Å². The molecule has 2 aliphatic carbocycles. The first-order valence-electron chi connectivity index (χ1n) is 29.6. The first-order chi connectivity index (χ1) is 38.6. The highest BCUT2D eigenvalue weighted by Gasteiger charge is 2.58. The summed E-state index contributed by atoms with van der Waals surface area (Å²) < 4.78 is 1.03. The molecule has 0 amide bonds. The average molecular weight is 1180 g/mol. The second kappa shape index (κ2) is 23.3. The molecule has 0 saturated heterocycles. The quantitative estimate of drug-likeness (QED) is 0.172. The molecule has 4 unspecified atom stereocenters. The van der Waals surface area contributed by atoms with Gasteiger partial charge in [-0.25, -0.2) is 0 Å². The molecule has 4 aliphatic rings. The third kappa shape index (κ3) is 11.1.